The van der Waals surface area contributed by atoms with Gasteiger partial charge in [-0.05, 0) is 32.1 Å². The molecule has 2 aliphatic rings. The lowest BCUT2D eigenvalue weighted by Crippen LogP contribution is -2.48. The molecular weight excluding hydrogens is 404 g/mol. The Balaban J connectivity index is 1.54. The number of aromatic nitrogens is 3. The number of hydrogen-bond acceptors (Lipinski definition) is 5. The van der Waals surface area contributed by atoms with E-state index in [1.54, 1.807) is 18.7 Å². The number of aryl methyl sites for hydroxylation is 2. The van der Waals surface area contributed by atoms with Crippen LogP contribution < -0.4 is 5.32 Å². The van der Waals surface area contributed by atoms with E-state index in [1.165, 1.54) is 4.68 Å². The normalized spacial score (nSPS) is 24.3. The van der Waals surface area contributed by atoms with E-state index in [4.69, 9.17) is 4.42 Å². The minimum absolute atomic E-state index is 0.0741. The molecule has 0 spiro atoms. The second kappa shape index (κ2) is 7.91. The second-order valence-electron chi connectivity index (χ2n) is 9.80. The number of alkyl halides is 2. The molecule has 4 heterocycles. The predicted molar refractivity (Wildman–Crippen MR) is 113 cm³/mol. The van der Waals surface area contributed by atoms with Crippen molar-refractivity contribution in [2.45, 2.75) is 77.8 Å². The Labute approximate surface area is 181 Å². The van der Waals surface area contributed by atoms with Crippen LogP contribution in [0, 0.1) is 19.8 Å². The molecule has 7 nitrogen and oxygen atoms in total. The zero-order valence-corrected chi connectivity index (χ0v) is 18.8. The number of carbonyl (C=O) groups excluding carboxylic acids is 1. The van der Waals surface area contributed by atoms with Crippen LogP contribution in [0.1, 0.15) is 73.9 Å². The standard InChI is InChI=1S/C22H31F2N5O2/c1-12-19(31-13(2)25-12)21(30)28-8-6-7-14(11-28)15-9-16(20(23)24)29-18(26-15)10-17(27-29)22(3,4)5/h10,14-16,20,26H,6-9,11H2,1-5H3/t14-,15-,16+/m0/s1. The van der Waals surface area contributed by atoms with Crippen molar-refractivity contribution in [1.82, 2.24) is 19.7 Å². The Kier molecular flexibility index (Phi) is 5.55. The van der Waals surface area contributed by atoms with Gasteiger partial charge < -0.3 is 14.6 Å². The van der Waals surface area contributed by atoms with Gasteiger partial charge in [-0.2, -0.15) is 5.10 Å². The third kappa shape index (κ3) is 4.19. The van der Waals surface area contributed by atoms with E-state index in [1.807, 2.05) is 26.8 Å². The Bertz CT molecular complexity index is 962. The smallest absolute Gasteiger partial charge is 0.291 e. The van der Waals surface area contributed by atoms with Crippen molar-refractivity contribution >= 4 is 11.7 Å². The van der Waals surface area contributed by atoms with Crippen molar-refractivity contribution in [2.24, 2.45) is 5.92 Å². The predicted octanol–water partition coefficient (Wildman–Crippen LogP) is 4.33. The fourth-order valence-corrected chi connectivity index (χ4v) is 4.65. The molecule has 1 fully saturated rings. The highest BCUT2D eigenvalue weighted by atomic mass is 19.3. The van der Waals surface area contributed by atoms with Gasteiger partial charge in [0, 0.05) is 37.5 Å². The van der Waals surface area contributed by atoms with Gasteiger partial charge in [0.25, 0.3) is 12.3 Å². The van der Waals surface area contributed by atoms with E-state index in [9.17, 15) is 13.6 Å². The third-order valence-electron chi connectivity index (χ3n) is 6.35. The first kappa shape index (κ1) is 21.8. The number of nitrogens with zero attached hydrogens (tertiary/aromatic N) is 4. The van der Waals surface area contributed by atoms with Crippen LogP contribution in [0.2, 0.25) is 0 Å². The molecule has 2 aromatic heterocycles. The van der Waals surface area contributed by atoms with Crippen molar-refractivity contribution in [1.29, 1.82) is 0 Å². The van der Waals surface area contributed by atoms with Gasteiger partial charge in [-0.25, -0.2) is 18.4 Å². The van der Waals surface area contributed by atoms with Crippen LogP contribution in [0.5, 0.6) is 0 Å². The van der Waals surface area contributed by atoms with Crippen molar-refractivity contribution in [3.05, 3.63) is 29.1 Å². The number of carbonyl (C=O) groups is 1. The summed E-state index contributed by atoms with van der Waals surface area (Å²) < 4.78 is 34.9. The maximum atomic E-state index is 13.9. The highest BCUT2D eigenvalue weighted by molar-refractivity contribution is 5.92. The summed E-state index contributed by atoms with van der Waals surface area (Å²) in [6.45, 7) is 10.7. The van der Waals surface area contributed by atoms with Crippen molar-refractivity contribution in [3.63, 3.8) is 0 Å². The largest absolute Gasteiger partial charge is 0.436 e. The first-order valence-electron chi connectivity index (χ1n) is 10.9. The lowest BCUT2D eigenvalue weighted by molar-refractivity contribution is 0.0491. The van der Waals surface area contributed by atoms with E-state index in [0.29, 0.717) is 30.5 Å². The molecule has 0 saturated carbocycles. The van der Waals surface area contributed by atoms with Gasteiger partial charge in [0.15, 0.2) is 5.89 Å². The van der Waals surface area contributed by atoms with Gasteiger partial charge in [0.05, 0.1) is 11.4 Å². The molecule has 1 saturated heterocycles. The summed E-state index contributed by atoms with van der Waals surface area (Å²) in [5, 5.41) is 7.94. The Morgan fingerprint density at radius 2 is 2.06 bits per heavy atom. The van der Waals surface area contributed by atoms with Crippen LogP contribution in [0.25, 0.3) is 0 Å². The van der Waals surface area contributed by atoms with Crippen LogP contribution in [-0.2, 0) is 5.41 Å². The summed E-state index contributed by atoms with van der Waals surface area (Å²) in [5.41, 5.74) is 1.14. The van der Waals surface area contributed by atoms with Gasteiger partial charge in [-0.15, -0.1) is 0 Å². The molecule has 31 heavy (non-hydrogen) atoms. The topological polar surface area (TPSA) is 76.2 Å². The van der Waals surface area contributed by atoms with Gasteiger partial charge in [0.1, 0.15) is 11.9 Å². The van der Waals surface area contributed by atoms with E-state index in [2.05, 4.69) is 15.4 Å². The first-order valence-corrected chi connectivity index (χ1v) is 10.9. The molecule has 0 aliphatic carbocycles. The monoisotopic (exact) mass is 435 g/mol. The second-order valence-corrected chi connectivity index (χ2v) is 9.80. The van der Waals surface area contributed by atoms with E-state index < -0.39 is 12.5 Å². The molecule has 9 heteroatoms. The van der Waals surface area contributed by atoms with Gasteiger partial charge >= 0.3 is 0 Å². The molecule has 2 aromatic rings. The van der Waals surface area contributed by atoms with Crippen molar-refractivity contribution in [2.75, 3.05) is 18.4 Å². The summed E-state index contributed by atoms with van der Waals surface area (Å²) in [6, 6.07) is 0.764. The van der Waals surface area contributed by atoms with Crippen LogP contribution in [-0.4, -0.2) is 51.1 Å². The first-order chi connectivity index (χ1) is 14.5. The molecule has 0 bridgehead atoms. The summed E-state index contributed by atoms with van der Waals surface area (Å²) >= 11 is 0. The lowest BCUT2D eigenvalue weighted by atomic mass is 9.85. The highest BCUT2D eigenvalue weighted by Gasteiger charge is 2.40. The molecule has 4 rings (SSSR count). The number of nitrogens with one attached hydrogen (secondary N) is 1. The van der Waals surface area contributed by atoms with E-state index in [0.717, 1.165) is 18.5 Å². The highest BCUT2D eigenvalue weighted by Crippen LogP contribution is 2.38. The van der Waals surface area contributed by atoms with Crippen LogP contribution in [0.4, 0.5) is 14.6 Å². The molecule has 1 amide bonds. The summed E-state index contributed by atoms with van der Waals surface area (Å²) in [7, 11) is 0. The molecule has 0 aromatic carbocycles. The number of amides is 1. The number of piperidine rings is 1. The number of rotatable bonds is 3. The minimum atomic E-state index is -2.50. The SMILES string of the molecule is Cc1nc(C)c(C(=O)N2CCC[C@H]([C@@H]3C[C@H](C(F)F)n4nc(C(C)(C)C)cc4N3)C2)o1. The quantitative estimate of drug-likeness (QED) is 0.777. The molecule has 2 aliphatic heterocycles. The summed E-state index contributed by atoms with van der Waals surface area (Å²) in [4.78, 5) is 18.9. The van der Waals surface area contributed by atoms with Crippen LogP contribution >= 0.6 is 0 Å². The summed E-state index contributed by atoms with van der Waals surface area (Å²) in [5.74, 6) is 1.27. The fraction of sp³-hybridized carbons (Fsp3) is 0.682. The molecule has 0 unspecified atom stereocenters. The fourth-order valence-electron chi connectivity index (χ4n) is 4.65. The Morgan fingerprint density at radius 3 is 2.68 bits per heavy atom. The average Bonchev–Trinajstić information content (AvgIpc) is 3.29. The van der Waals surface area contributed by atoms with E-state index >= 15 is 0 Å². The lowest BCUT2D eigenvalue weighted by Gasteiger charge is -2.41. The van der Waals surface area contributed by atoms with Crippen LogP contribution in [0.3, 0.4) is 0 Å². The number of oxazole rings is 1. The molecule has 0 radical (unpaired) electrons. The zero-order chi connectivity index (χ0) is 22.5. The summed E-state index contributed by atoms with van der Waals surface area (Å²) in [6.07, 6.45) is -0.515. The number of anilines is 1. The van der Waals surface area contributed by atoms with Gasteiger partial charge in [-0.3, -0.25) is 4.79 Å². The van der Waals surface area contributed by atoms with Crippen molar-refractivity contribution < 1.29 is 18.0 Å². The average molecular weight is 436 g/mol. The Morgan fingerprint density at radius 1 is 1.32 bits per heavy atom. The van der Waals surface area contributed by atoms with E-state index in [-0.39, 0.29) is 35.5 Å². The number of hydrogen-bond donors (Lipinski definition) is 1. The molecule has 3 atom stereocenters. The maximum Gasteiger partial charge on any atom is 0.291 e. The maximum absolute atomic E-state index is 13.9. The van der Waals surface area contributed by atoms with Gasteiger partial charge in [-0.1, -0.05) is 20.8 Å². The molecular formula is C22H31F2N5O2. The molecule has 1 N–H and O–H groups in total. The third-order valence-corrected chi connectivity index (χ3v) is 6.35. The van der Waals surface area contributed by atoms with Crippen LogP contribution in [0.15, 0.2) is 10.5 Å². The number of likely N-dealkylation sites (tertiary alicyclic amines) is 1. The van der Waals surface area contributed by atoms with Gasteiger partial charge in [0.2, 0.25) is 5.76 Å². The minimum Gasteiger partial charge on any atom is -0.436 e. The molecule has 170 valence electrons. The Hall–Kier alpha value is -2.45. The van der Waals surface area contributed by atoms with Crippen molar-refractivity contribution in [3.8, 4) is 0 Å². The number of halogens is 2. The zero-order valence-electron chi connectivity index (χ0n) is 18.8. The number of fused-ring (bicyclic) bond motifs is 1.